The molecule has 0 rings (SSSR count). The van der Waals surface area contributed by atoms with Crippen LogP contribution in [0.25, 0.3) is 0 Å². The van der Waals surface area contributed by atoms with Gasteiger partial charge in [0, 0.05) is 6.04 Å². The number of rotatable bonds is 2. The Labute approximate surface area is 37.9 Å². The van der Waals surface area contributed by atoms with E-state index in [-0.39, 0.29) is 6.04 Å². The van der Waals surface area contributed by atoms with Gasteiger partial charge < -0.3 is 11.1 Å². The molecular weight excluding hydrogens is 76.1 g/mol. The summed E-state index contributed by atoms with van der Waals surface area (Å²) in [6.07, 6.45) is 2.02. The molecule has 0 bridgehead atoms. The van der Waals surface area contributed by atoms with Gasteiger partial charge in [-0.2, -0.15) is 0 Å². The van der Waals surface area contributed by atoms with Crippen molar-refractivity contribution < 1.29 is 0 Å². The van der Waals surface area contributed by atoms with Gasteiger partial charge in [-0.15, -0.1) is 0 Å². The minimum absolute atomic E-state index is 0.155. The SMILES string of the molecule is CC(N)CC=N. The third kappa shape index (κ3) is 3.63. The van der Waals surface area contributed by atoms with Gasteiger partial charge in [0.1, 0.15) is 0 Å². The molecule has 0 aromatic carbocycles. The third-order valence-corrected chi connectivity index (χ3v) is 0.490. The lowest BCUT2D eigenvalue weighted by molar-refractivity contribution is 0.785. The van der Waals surface area contributed by atoms with Gasteiger partial charge in [0.15, 0.2) is 0 Å². The Bertz CT molecular complexity index is 40.8. The highest BCUT2D eigenvalue weighted by Crippen LogP contribution is 1.75. The van der Waals surface area contributed by atoms with Crippen molar-refractivity contribution in [2.45, 2.75) is 19.4 Å². The first-order valence-electron chi connectivity index (χ1n) is 2.02. The highest BCUT2D eigenvalue weighted by atomic mass is 14.6. The van der Waals surface area contributed by atoms with E-state index in [0.717, 1.165) is 0 Å². The van der Waals surface area contributed by atoms with Crippen LogP contribution in [0.15, 0.2) is 0 Å². The zero-order chi connectivity index (χ0) is 4.99. The fourth-order valence-corrected chi connectivity index (χ4v) is 0.186. The predicted molar refractivity (Wildman–Crippen MR) is 27.1 cm³/mol. The highest BCUT2D eigenvalue weighted by Gasteiger charge is 1.83. The van der Waals surface area contributed by atoms with E-state index < -0.39 is 0 Å². The number of nitrogens with one attached hydrogen (secondary N) is 1. The summed E-state index contributed by atoms with van der Waals surface area (Å²) in [5.41, 5.74) is 5.25. The molecule has 0 saturated carbocycles. The van der Waals surface area contributed by atoms with E-state index >= 15 is 0 Å². The maximum absolute atomic E-state index is 6.53. The molecule has 2 nitrogen and oxygen atoms in total. The number of hydrogen-bond donors (Lipinski definition) is 2. The van der Waals surface area contributed by atoms with E-state index in [0.29, 0.717) is 6.42 Å². The van der Waals surface area contributed by atoms with Crippen molar-refractivity contribution in [2.75, 3.05) is 0 Å². The van der Waals surface area contributed by atoms with Gasteiger partial charge in [-0.1, -0.05) is 0 Å². The summed E-state index contributed by atoms with van der Waals surface area (Å²) in [4.78, 5) is 0. The molecule has 0 aromatic heterocycles. The number of nitrogens with two attached hydrogens (primary N) is 1. The molecule has 0 aliphatic carbocycles. The summed E-state index contributed by atoms with van der Waals surface area (Å²) < 4.78 is 0. The minimum atomic E-state index is 0.155. The van der Waals surface area contributed by atoms with Gasteiger partial charge in [-0.05, 0) is 19.6 Å². The fourth-order valence-electron chi connectivity index (χ4n) is 0.186. The molecule has 3 N–H and O–H groups in total. The molecule has 6 heavy (non-hydrogen) atoms. The van der Waals surface area contributed by atoms with Crippen molar-refractivity contribution in [1.29, 1.82) is 5.41 Å². The van der Waals surface area contributed by atoms with E-state index in [1.54, 1.807) is 0 Å². The van der Waals surface area contributed by atoms with Crippen LogP contribution >= 0.6 is 0 Å². The monoisotopic (exact) mass is 86.1 g/mol. The lowest BCUT2D eigenvalue weighted by Crippen LogP contribution is -2.14. The molecule has 1 unspecified atom stereocenters. The van der Waals surface area contributed by atoms with E-state index in [2.05, 4.69) is 0 Å². The molecule has 0 aromatic rings. The minimum Gasteiger partial charge on any atom is -0.328 e. The molecule has 0 aliphatic heterocycles. The summed E-state index contributed by atoms with van der Waals surface area (Å²) in [5, 5.41) is 6.53. The van der Waals surface area contributed by atoms with Crippen molar-refractivity contribution in [3.05, 3.63) is 0 Å². The smallest absolute Gasteiger partial charge is 0.00597 e. The summed E-state index contributed by atoms with van der Waals surface area (Å²) in [7, 11) is 0. The third-order valence-electron chi connectivity index (χ3n) is 0.490. The molecular formula is C4H10N2. The molecule has 0 aliphatic rings. The molecule has 1 atom stereocenters. The van der Waals surface area contributed by atoms with Crippen LogP contribution in [0.5, 0.6) is 0 Å². The first kappa shape index (κ1) is 5.63. The zero-order valence-electron chi connectivity index (χ0n) is 3.94. The largest absolute Gasteiger partial charge is 0.328 e. The fraction of sp³-hybridized carbons (Fsp3) is 0.750. The topological polar surface area (TPSA) is 49.9 Å². The van der Waals surface area contributed by atoms with Crippen molar-refractivity contribution in [2.24, 2.45) is 5.73 Å². The summed E-state index contributed by atoms with van der Waals surface area (Å²) in [6.45, 7) is 1.88. The van der Waals surface area contributed by atoms with E-state index in [1.165, 1.54) is 6.21 Å². The second kappa shape index (κ2) is 2.85. The second-order valence-electron chi connectivity index (χ2n) is 1.42. The van der Waals surface area contributed by atoms with Crippen LogP contribution in [0, 0.1) is 5.41 Å². The Kier molecular flexibility index (Phi) is 2.67. The van der Waals surface area contributed by atoms with Crippen LogP contribution in [0.3, 0.4) is 0 Å². The molecule has 0 amide bonds. The highest BCUT2D eigenvalue weighted by molar-refractivity contribution is 5.53. The van der Waals surface area contributed by atoms with E-state index in [1.807, 2.05) is 6.92 Å². The van der Waals surface area contributed by atoms with Gasteiger partial charge in [0.05, 0.1) is 0 Å². The molecule has 0 spiro atoms. The van der Waals surface area contributed by atoms with Crippen LogP contribution < -0.4 is 5.73 Å². The van der Waals surface area contributed by atoms with Crippen molar-refractivity contribution in [1.82, 2.24) is 0 Å². The molecule has 0 saturated heterocycles. The molecule has 36 valence electrons. The lowest BCUT2D eigenvalue weighted by Gasteiger charge is -1.92. The Morgan fingerprint density at radius 3 is 2.50 bits per heavy atom. The average molecular weight is 86.1 g/mol. The van der Waals surface area contributed by atoms with E-state index in [9.17, 15) is 0 Å². The van der Waals surface area contributed by atoms with Gasteiger partial charge in [0.2, 0.25) is 0 Å². The quantitative estimate of drug-likeness (QED) is 0.469. The maximum atomic E-state index is 6.53. The molecule has 0 radical (unpaired) electrons. The molecule has 0 fully saturated rings. The lowest BCUT2D eigenvalue weighted by atomic mass is 10.3. The first-order chi connectivity index (χ1) is 2.77. The van der Waals surface area contributed by atoms with Crippen LogP contribution in [0.2, 0.25) is 0 Å². The van der Waals surface area contributed by atoms with E-state index in [4.69, 9.17) is 11.1 Å². The van der Waals surface area contributed by atoms with Gasteiger partial charge in [-0.25, -0.2) is 0 Å². The summed E-state index contributed by atoms with van der Waals surface area (Å²) in [5.74, 6) is 0. The van der Waals surface area contributed by atoms with Crippen molar-refractivity contribution in [3.8, 4) is 0 Å². The standard InChI is InChI=1S/C4H10N2/c1-4(6)2-3-5/h3-5H,2,6H2,1H3. The van der Waals surface area contributed by atoms with Crippen molar-refractivity contribution in [3.63, 3.8) is 0 Å². The van der Waals surface area contributed by atoms with Gasteiger partial charge in [0.25, 0.3) is 0 Å². The first-order valence-corrected chi connectivity index (χ1v) is 2.02. The Morgan fingerprint density at radius 1 is 2.00 bits per heavy atom. The van der Waals surface area contributed by atoms with Crippen LogP contribution in [0.1, 0.15) is 13.3 Å². The average Bonchev–Trinajstić information content (AvgIpc) is 1.35. The summed E-state index contributed by atoms with van der Waals surface area (Å²) >= 11 is 0. The summed E-state index contributed by atoms with van der Waals surface area (Å²) in [6, 6.07) is 0.155. The maximum Gasteiger partial charge on any atom is 0.00597 e. The second-order valence-corrected chi connectivity index (χ2v) is 1.42. The predicted octanol–water partition coefficient (Wildman–Crippen LogP) is 0.373. The van der Waals surface area contributed by atoms with Crippen molar-refractivity contribution >= 4 is 6.21 Å². The van der Waals surface area contributed by atoms with Crippen LogP contribution in [0.4, 0.5) is 0 Å². The number of hydrogen-bond acceptors (Lipinski definition) is 2. The van der Waals surface area contributed by atoms with Gasteiger partial charge in [-0.3, -0.25) is 0 Å². The Hall–Kier alpha value is -0.370. The zero-order valence-corrected chi connectivity index (χ0v) is 3.94. The van der Waals surface area contributed by atoms with Gasteiger partial charge >= 0.3 is 0 Å². The normalized spacial score (nSPS) is 13.7. The molecule has 2 heteroatoms. The van der Waals surface area contributed by atoms with Crippen LogP contribution in [-0.4, -0.2) is 12.3 Å². The molecule has 0 heterocycles. The Balaban J connectivity index is 2.81. The Morgan fingerprint density at radius 2 is 2.50 bits per heavy atom. The van der Waals surface area contributed by atoms with Crippen LogP contribution in [-0.2, 0) is 0 Å².